The van der Waals surface area contributed by atoms with E-state index in [-0.39, 0.29) is 11.9 Å². The van der Waals surface area contributed by atoms with Gasteiger partial charge in [0.25, 0.3) is 0 Å². The third-order valence-corrected chi connectivity index (χ3v) is 3.99. The first-order chi connectivity index (χ1) is 8.83. The largest absolute Gasteiger partial charge is 0.325 e. The van der Waals surface area contributed by atoms with Gasteiger partial charge < -0.3 is 10.6 Å². The Morgan fingerprint density at radius 2 is 2.06 bits per heavy atom. The first-order valence-electron chi connectivity index (χ1n) is 6.99. The van der Waals surface area contributed by atoms with Gasteiger partial charge in [0.05, 0.1) is 6.04 Å². The molecule has 0 bridgehead atoms. The van der Waals surface area contributed by atoms with Crippen LogP contribution in [0.1, 0.15) is 36.8 Å². The van der Waals surface area contributed by atoms with Gasteiger partial charge in [-0.3, -0.25) is 4.79 Å². The van der Waals surface area contributed by atoms with Crippen molar-refractivity contribution < 1.29 is 4.79 Å². The number of hydrogen-bond donors (Lipinski definition) is 2. The highest BCUT2D eigenvalue weighted by atomic mass is 16.2. The molecule has 1 aliphatic carbocycles. The number of fused-ring (bicyclic) bond motifs is 1. The SMILES string of the molecule is O=C(Nc1ccc2c(c1)CCC2)[C@H]1CCCCN1. The number of aryl methyl sites for hydroxylation is 2. The summed E-state index contributed by atoms with van der Waals surface area (Å²) in [6.45, 7) is 0.961. The second-order valence-corrected chi connectivity index (χ2v) is 5.33. The maximum Gasteiger partial charge on any atom is 0.241 e. The third-order valence-electron chi connectivity index (χ3n) is 3.99. The van der Waals surface area contributed by atoms with Gasteiger partial charge >= 0.3 is 0 Å². The summed E-state index contributed by atoms with van der Waals surface area (Å²) in [4.78, 5) is 12.1. The fourth-order valence-electron chi connectivity index (χ4n) is 2.95. The summed E-state index contributed by atoms with van der Waals surface area (Å²) in [7, 11) is 0. The van der Waals surface area contributed by atoms with Crippen LogP contribution >= 0.6 is 0 Å². The highest BCUT2D eigenvalue weighted by Crippen LogP contribution is 2.25. The van der Waals surface area contributed by atoms with Crippen molar-refractivity contribution in [1.82, 2.24) is 5.32 Å². The molecule has 2 aliphatic rings. The predicted octanol–water partition coefficient (Wildman–Crippen LogP) is 2.26. The number of hydrogen-bond acceptors (Lipinski definition) is 2. The monoisotopic (exact) mass is 244 g/mol. The lowest BCUT2D eigenvalue weighted by atomic mass is 10.0. The molecule has 1 aliphatic heterocycles. The predicted molar refractivity (Wildman–Crippen MR) is 72.7 cm³/mol. The van der Waals surface area contributed by atoms with Gasteiger partial charge in [0.15, 0.2) is 0 Å². The highest BCUT2D eigenvalue weighted by Gasteiger charge is 2.20. The number of carbonyl (C=O) groups excluding carboxylic acids is 1. The number of piperidine rings is 1. The van der Waals surface area contributed by atoms with Crippen molar-refractivity contribution >= 4 is 11.6 Å². The first-order valence-corrected chi connectivity index (χ1v) is 6.99. The summed E-state index contributed by atoms with van der Waals surface area (Å²) in [5.74, 6) is 0.118. The molecule has 1 saturated heterocycles. The molecule has 1 aromatic carbocycles. The summed E-state index contributed by atoms with van der Waals surface area (Å²) in [5.41, 5.74) is 3.81. The Labute approximate surface area is 108 Å². The second-order valence-electron chi connectivity index (χ2n) is 5.33. The number of amides is 1. The molecular formula is C15H20N2O. The maximum absolute atomic E-state index is 12.1. The van der Waals surface area contributed by atoms with Crippen molar-refractivity contribution in [2.45, 2.75) is 44.6 Å². The summed E-state index contributed by atoms with van der Waals surface area (Å²) >= 11 is 0. The van der Waals surface area contributed by atoms with Gasteiger partial charge in [-0.1, -0.05) is 12.5 Å². The van der Waals surface area contributed by atoms with Crippen molar-refractivity contribution in [2.24, 2.45) is 0 Å². The summed E-state index contributed by atoms with van der Waals surface area (Å²) in [6, 6.07) is 6.33. The van der Waals surface area contributed by atoms with Gasteiger partial charge in [0.1, 0.15) is 0 Å². The average Bonchev–Trinajstić information content (AvgIpc) is 2.87. The van der Waals surface area contributed by atoms with Crippen LogP contribution in [0, 0.1) is 0 Å². The molecule has 3 heteroatoms. The first kappa shape index (κ1) is 11.7. The molecule has 0 radical (unpaired) electrons. The molecule has 18 heavy (non-hydrogen) atoms. The van der Waals surface area contributed by atoms with Crippen LogP contribution in [-0.4, -0.2) is 18.5 Å². The van der Waals surface area contributed by atoms with Gasteiger partial charge in [-0.05, 0) is 61.9 Å². The number of benzene rings is 1. The van der Waals surface area contributed by atoms with Crippen molar-refractivity contribution in [3.8, 4) is 0 Å². The Morgan fingerprint density at radius 3 is 2.89 bits per heavy atom. The second kappa shape index (κ2) is 5.11. The van der Waals surface area contributed by atoms with Crippen LogP contribution in [0.15, 0.2) is 18.2 Å². The molecule has 0 spiro atoms. The minimum atomic E-state index is -0.00740. The molecule has 3 rings (SSSR count). The molecule has 1 heterocycles. The van der Waals surface area contributed by atoms with Crippen molar-refractivity contribution in [3.63, 3.8) is 0 Å². The van der Waals surface area contributed by atoms with Gasteiger partial charge in [-0.25, -0.2) is 0 Å². The lowest BCUT2D eigenvalue weighted by Gasteiger charge is -2.22. The van der Waals surface area contributed by atoms with Crippen molar-refractivity contribution in [1.29, 1.82) is 0 Å². The number of rotatable bonds is 2. The van der Waals surface area contributed by atoms with E-state index in [2.05, 4.69) is 22.8 Å². The number of carbonyl (C=O) groups is 1. The van der Waals surface area contributed by atoms with Crippen molar-refractivity contribution in [3.05, 3.63) is 29.3 Å². The van der Waals surface area contributed by atoms with Crippen LogP contribution in [0.2, 0.25) is 0 Å². The van der Waals surface area contributed by atoms with Crippen LogP contribution in [0.4, 0.5) is 5.69 Å². The standard InChI is InChI=1S/C15H20N2O/c18-15(14-6-1-2-9-16-14)17-13-8-7-11-4-3-5-12(11)10-13/h7-8,10,14,16H,1-6,9H2,(H,17,18)/t14-/m1/s1. The van der Waals surface area contributed by atoms with E-state index in [0.717, 1.165) is 31.5 Å². The quantitative estimate of drug-likeness (QED) is 0.838. The molecule has 0 unspecified atom stereocenters. The van der Waals surface area contributed by atoms with E-state index in [1.165, 1.54) is 30.4 Å². The van der Waals surface area contributed by atoms with Gasteiger partial charge in [0.2, 0.25) is 5.91 Å². The van der Waals surface area contributed by atoms with E-state index in [0.29, 0.717) is 0 Å². The molecule has 0 aromatic heterocycles. The van der Waals surface area contributed by atoms with E-state index >= 15 is 0 Å². The van der Waals surface area contributed by atoms with Gasteiger partial charge in [0, 0.05) is 5.69 Å². The lowest BCUT2D eigenvalue weighted by molar-refractivity contribution is -0.118. The lowest BCUT2D eigenvalue weighted by Crippen LogP contribution is -2.43. The Bertz CT molecular complexity index is 450. The molecule has 96 valence electrons. The summed E-state index contributed by atoms with van der Waals surface area (Å²) < 4.78 is 0. The summed E-state index contributed by atoms with van der Waals surface area (Å²) in [6.07, 6.45) is 6.88. The minimum Gasteiger partial charge on any atom is -0.325 e. The molecular weight excluding hydrogens is 224 g/mol. The normalized spacial score (nSPS) is 22.6. The Hall–Kier alpha value is -1.35. The smallest absolute Gasteiger partial charge is 0.241 e. The fraction of sp³-hybridized carbons (Fsp3) is 0.533. The fourth-order valence-corrected chi connectivity index (χ4v) is 2.95. The topological polar surface area (TPSA) is 41.1 Å². The van der Waals surface area contributed by atoms with E-state index in [4.69, 9.17) is 0 Å². The van der Waals surface area contributed by atoms with Crippen LogP contribution < -0.4 is 10.6 Å². The average molecular weight is 244 g/mol. The van der Waals surface area contributed by atoms with Crippen LogP contribution in [-0.2, 0) is 17.6 Å². The van der Waals surface area contributed by atoms with E-state index in [1.54, 1.807) is 0 Å². The molecule has 3 nitrogen and oxygen atoms in total. The highest BCUT2D eigenvalue weighted by molar-refractivity contribution is 5.95. The molecule has 1 fully saturated rings. The molecule has 2 N–H and O–H groups in total. The number of anilines is 1. The zero-order valence-corrected chi connectivity index (χ0v) is 10.7. The van der Waals surface area contributed by atoms with Crippen LogP contribution in [0.25, 0.3) is 0 Å². The van der Waals surface area contributed by atoms with Gasteiger partial charge in [-0.2, -0.15) is 0 Å². The molecule has 1 amide bonds. The van der Waals surface area contributed by atoms with Gasteiger partial charge in [-0.15, -0.1) is 0 Å². The van der Waals surface area contributed by atoms with Crippen LogP contribution in [0.3, 0.4) is 0 Å². The zero-order chi connectivity index (χ0) is 12.4. The zero-order valence-electron chi connectivity index (χ0n) is 10.7. The molecule has 0 saturated carbocycles. The Morgan fingerprint density at radius 1 is 1.17 bits per heavy atom. The molecule has 1 atom stereocenters. The van der Waals surface area contributed by atoms with Crippen molar-refractivity contribution in [2.75, 3.05) is 11.9 Å². The molecule has 1 aromatic rings. The maximum atomic E-state index is 12.1. The van der Waals surface area contributed by atoms with E-state index in [1.807, 2.05) is 6.07 Å². The Balaban J connectivity index is 1.66. The minimum absolute atomic E-state index is 0.00740. The Kier molecular flexibility index (Phi) is 3.33. The number of nitrogens with one attached hydrogen (secondary N) is 2. The summed E-state index contributed by atoms with van der Waals surface area (Å²) in [5, 5.41) is 6.32. The van der Waals surface area contributed by atoms with E-state index < -0.39 is 0 Å². The third kappa shape index (κ3) is 2.41. The van der Waals surface area contributed by atoms with E-state index in [9.17, 15) is 4.79 Å². The van der Waals surface area contributed by atoms with Crippen LogP contribution in [0.5, 0.6) is 0 Å².